The molecule has 0 aliphatic rings. The summed E-state index contributed by atoms with van der Waals surface area (Å²) in [5.74, 6) is 0. The van der Waals surface area contributed by atoms with Crippen molar-refractivity contribution in [1.29, 1.82) is 0 Å². The molecular weight excluding hydrogens is 284 g/mol. The van der Waals surface area contributed by atoms with Crippen LogP contribution in [0.15, 0.2) is 30.3 Å². The second kappa shape index (κ2) is 4.77. The van der Waals surface area contributed by atoms with Gasteiger partial charge >= 0.3 is 89.3 Å². The Morgan fingerprint density at radius 2 is 1.90 bits per heavy atom. The Morgan fingerprint density at radius 1 is 1.30 bits per heavy atom. The van der Waals surface area contributed by atoms with E-state index in [9.17, 15) is 0 Å². The van der Waals surface area contributed by atoms with Crippen molar-refractivity contribution in [3.63, 3.8) is 0 Å². The van der Waals surface area contributed by atoms with Gasteiger partial charge in [0.15, 0.2) is 0 Å². The first-order valence-corrected chi connectivity index (χ1v) is 7.58. The zero-order valence-electron chi connectivity index (χ0n) is 5.82. The van der Waals surface area contributed by atoms with Crippen LogP contribution in [-0.2, 0) is 0 Å². The molecule has 1 aromatic rings. The van der Waals surface area contributed by atoms with Crippen molar-refractivity contribution >= 4 is 3.62 Å². The van der Waals surface area contributed by atoms with Gasteiger partial charge in [0, 0.05) is 0 Å². The standard InChI is InChI=1S/C8H10P.Gd/c1-7(9)8-5-3-2-4-6-8;/h2-7,9H,1H3;/q-1;+1. The predicted molar refractivity (Wildman–Crippen MR) is 43.2 cm³/mol. The van der Waals surface area contributed by atoms with Gasteiger partial charge in [-0.25, -0.2) is 0 Å². The molecule has 1 rings (SSSR count). The first-order chi connectivity index (χ1) is 4.84. The van der Waals surface area contributed by atoms with E-state index in [0.717, 1.165) is 9.28 Å². The van der Waals surface area contributed by atoms with Gasteiger partial charge in [0.2, 0.25) is 0 Å². The number of hydrogen-bond donors (Lipinski definition) is 0. The Kier molecular flexibility index (Phi) is 4.33. The van der Waals surface area contributed by atoms with Crippen LogP contribution in [0.25, 0.3) is 0 Å². The van der Waals surface area contributed by atoms with Crippen LogP contribution in [0, 0.1) is 37.1 Å². The van der Waals surface area contributed by atoms with Gasteiger partial charge in [-0.3, -0.25) is 0 Å². The number of hydrogen-bond acceptors (Lipinski definition) is 0. The molecule has 0 fully saturated rings. The molecule has 0 bridgehead atoms. The Balaban J connectivity index is 2.75. The zero-order chi connectivity index (χ0) is 7.40. The van der Waals surface area contributed by atoms with Gasteiger partial charge in [-0.05, 0) is 0 Å². The van der Waals surface area contributed by atoms with Crippen LogP contribution in [0.2, 0.25) is 0 Å². The SMILES string of the molecule is CC([PH][Gd])c1ccccc1. The third-order valence-corrected chi connectivity index (χ3v) is 5.04. The van der Waals surface area contributed by atoms with E-state index in [2.05, 4.69) is 74.4 Å². The third kappa shape index (κ3) is 2.55. The van der Waals surface area contributed by atoms with Crippen molar-refractivity contribution in [2.24, 2.45) is 0 Å². The second-order valence-corrected chi connectivity index (χ2v) is 5.27. The van der Waals surface area contributed by atoms with Gasteiger partial charge in [0.25, 0.3) is 0 Å². The Labute approximate surface area is 88.3 Å². The molecule has 0 aromatic heterocycles. The van der Waals surface area contributed by atoms with E-state index in [1.165, 1.54) is 5.56 Å². The summed E-state index contributed by atoms with van der Waals surface area (Å²) < 4.78 is 1.04. The maximum atomic E-state index is 2.28. The van der Waals surface area contributed by atoms with Gasteiger partial charge in [-0.1, -0.05) is 0 Å². The van der Waals surface area contributed by atoms with Crippen molar-refractivity contribution in [3.8, 4) is 0 Å². The Hall–Kier alpha value is 0.975. The first kappa shape index (κ1) is 9.07. The van der Waals surface area contributed by atoms with Crippen molar-refractivity contribution in [1.82, 2.24) is 0 Å². The second-order valence-electron chi connectivity index (χ2n) is 2.23. The summed E-state index contributed by atoms with van der Waals surface area (Å²) in [7, 11) is 0. The molecule has 0 nitrogen and oxygen atoms in total. The van der Waals surface area contributed by atoms with Crippen LogP contribution in [-0.4, -0.2) is 0 Å². The van der Waals surface area contributed by atoms with Gasteiger partial charge < -0.3 is 0 Å². The van der Waals surface area contributed by atoms with Gasteiger partial charge in [0.1, 0.15) is 0 Å². The van der Waals surface area contributed by atoms with Crippen LogP contribution in [0.3, 0.4) is 0 Å². The van der Waals surface area contributed by atoms with E-state index in [0.29, 0.717) is 0 Å². The molecule has 55 valence electrons. The summed E-state index contributed by atoms with van der Waals surface area (Å²) in [5, 5.41) is 0. The topological polar surface area (TPSA) is 0 Å². The van der Waals surface area contributed by atoms with Crippen LogP contribution in [0.1, 0.15) is 18.1 Å². The molecule has 0 N–H and O–H groups in total. The van der Waals surface area contributed by atoms with Crippen molar-refractivity contribution in [2.75, 3.05) is 0 Å². The molecule has 0 aliphatic carbocycles. The summed E-state index contributed by atoms with van der Waals surface area (Å²) in [5.41, 5.74) is 2.22. The van der Waals surface area contributed by atoms with Crippen LogP contribution < -0.4 is 0 Å². The molecule has 0 spiro atoms. The summed E-state index contributed by atoms with van der Waals surface area (Å²) in [6, 6.07) is 10.7. The molecule has 10 heavy (non-hydrogen) atoms. The number of rotatable bonds is 2. The van der Waals surface area contributed by atoms with E-state index in [1.807, 2.05) is 0 Å². The fourth-order valence-electron chi connectivity index (χ4n) is 0.801. The van der Waals surface area contributed by atoms with E-state index in [4.69, 9.17) is 0 Å². The molecule has 0 aliphatic heterocycles. The van der Waals surface area contributed by atoms with E-state index in [-0.39, 0.29) is 0 Å². The molecule has 2 heteroatoms. The first-order valence-electron chi connectivity index (χ1n) is 3.24. The Bertz CT molecular complexity index is 186. The monoisotopic (exact) mass is 295 g/mol. The van der Waals surface area contributed by atoms with Gasteiger partial charge in [-0.2, -0.15) is 0 Å². The van der Waals surface area contributed by atoms with E-state index >= 15 is 0 Å². The zero-order valence-corrected chi connectivity index (χ0v) is 9.09. The minimum atomic E-state index is 0.750. The fraction of sp³-hybridized carbons (Fsp3) is 0.250. The van der Waals surface area contributed by atoms with Crippen molar-refractivity contribution < 1.29 is 37.1 Å². The summed E-state index contributed by atoms with van der Waals surface area (Å²) >= 11 is 2.07. The third-order valence-electron chi connectivity index (χ3n) is 1.45. The maximum absolute atomic E-state index is 2.28. The van der Waals surface area contributed by atoms with Gasteiger partial charge in [-0.15, -0.1) is 0 Å². The summed E-state index contributed by atoms with van der Waals surface area (Å²) in [6.45, 7) is 2.28. The van der Waals surface area contributed by atoms with Crippen LogP contribution in [0.4, 0.5) is 0 Å². The molecule has 2 unspecified atom stereocenters. The predicted octanol–water partition coefficient (Wildman–Crippen LogP) is 2.89. The summed E-state index contributed by atoms with van der Waals surface area (Å²) in [4.78, 5) is 0. The van der Waals surface area contributed by atoms with E-state index < -0.39 is 0 Å². The molecule has 0 amide bonds. The molecule has 0 heterocycles. The van der Waals surface area contributed by atoms with Crippen molar-refractivity contribution in [2.45, 2.75) is 12.6 Å². The van der Waals surface area contributed by atoms with Crippen LogP contribution in [0.5, 0.6) is 0 Å². The van der Waals surface area contributed by atoms with Crippen LogP contribution >= 0.6 is 3.62 Å². The fourth-order valence-corrected chi connectivity index (χ4v) is 2.25. The quantitative estimate of drug-likeness (QED) is 0.736. The average Bonchev–Trinajstić information content (AvgIpc) is 2.05. The molecule has 0 saturated carbocycles. The molecular formula is C8H10GdP. The van der Waals surface area contributed by atoms with Crippen molar-refractivity contribution in [3.05, 3.63) is 35.9 Å². The average molecular weight is 294 g/mol. The number of benzene rings is 1. The molecule has 2 atom stereocenters. The minimum absolute atomic E-state index is 0.750. The molecule has 1 aromatic carbocycles. The summed E-state index contributed by atoms with van der Waals surface area (Å²) in [6.07, 6.45) is 0. The van der Waals surface area contributed by atoms with E-state index in [1.54, 1.807) is 0 Å². The molecule has 0 radical (unpaired) electrons. The molecule has 0 saturated heterocycles. The van der Waals surface area contributed by atoms with Gasteiger partial charge in [0.05, 0.1) is 0 Å². The Morgan fingerprint density at radius 3 is 2.40 bits per heavy atom. The normalized spacial score (nSPS) is 14.2.